The van der Waals surface area contributed by atoms with Crippen molar-refractivity contribution in [2.45, 2.75) is 25.7 Å². The van der Waals surface area contributed by atoms with Gasteiger partial charge in [-0.25, -0.2) is 5.14 Å². The molecule has 7 heteroatoms. The first kappa shape index (κ1) is 13.3. The fourth-order valence-corrected chi connectivity index (χ4v) is 1.18. The SMILES string of the molecule is COC(=O)CCCCCOS(N)(=O)=O. The highest BCUT2D eigenvalue weighted by Gasteiger charge is 2.02. The molecule has 0 fully saturated rings. The van der Waals surface area contributed by atoms with E-state index in [2.05, 4.69) is 14.1 Å². The van der Waals surface area contributed by atoms with Gasteiger partial charge in [-0.1, -0.05) is 6.42 Å². The molecule has 0 bridgehead atoms. The molecule has 0 unspecified atom stereocenters. The molecular weight excluding hydrogens is 210 g/mol. The summed E-state index contributed by atoms with van der Waals surface area (Å²) in [7, 11) is -2.50. The molecular formula is C7H15NO5S. The summed E-state index contributed by atoms with van der Waals surface area (Å²) in [6, 6.07) is 0. The van der Waals surface area contributed by atoms with Crippen LogP contribution in [0.3, 0.4) is 0 Å². The van der Waals surface area contributed by atoms with Crippen LogP contribution >= 0.6 is 0 Å². The van der Waals surface area contributed by atoms with Gasteiger partial charge in [0, 0.05) is 6.42 Å². The number of nitrogens with two attached hydrogens (primary N) is 1. The van der Waals surface area contributed by atoms with Gasteiger partial charge in [0.05, 0.1) is 13.7 Å². The standard InChI is InChI=1S/C7H15NO5S/c1-12-7(9)5-3-2-4-6-13-14(8,10)11/h2-6H2,1H3,(H2,8,10,11). The molecule has 0 rings (SSSR count). The molecule has 2 N–H and O–H groups in total. The molecule has 0 amide bonds. The van der Waals surface area contributed by atoms with Crippen LogP contribution in [0.5, 0.6) is 0 Å². The third-order valence-corrected chi connectivity index (χ3v) is 2.00. The number of unbranched alkanes of at least 4 members (excludes halogenated alkanes) is 2. The summed E-state index contributed by atoms with van der Waals surface area (Å²) in [5.74, 6) is -0.266. The van der Waals surface area contributed by atoms with Crippen LogP contribution in [0.4, 0.5) is 0 Å². The highest BCUT2D eigenvalue weighted by molar-refractivity contribution is 7.84. The molecule has 14 heavy (non-hydrogen) atoms. The third-order valence-electron chi connectivity index (χ3n) is 1.50. The Kier molecular flexibility index (Phi) is 6.43. The van der Waals surface area contributed by atoms with E-state index in [4.69, 9.17) is 0 Å². The summed E-state index contributed by atoms with van der Waals surface area (Å²) < 4.78 is 29.3. The number of hydrogen-bond acceptors (Lipinski definition) is 5. The van der Waals surface area contributed by atoms with Crippen molar-refractivity contribution in [3.05, 3.63) is 0 Å². The van der Waals surface area contributed by atoms with Gasteiger partial charge in [-0.15, -0.1) is 0 Å². The van der Waals surface area contributed by atoms with Gasteiger partial charge in [-0.05, 0) is 12.8 Å². The third kappa shape index (κ3) is 9.43. The van der Waals surface area contributed by atoms with Crippen LogP contribution in [-0.2, 0) is 24.0 Å². The molecule has 0 heterocycles. The Bertz CT molecular complexity index is 261. The Hall–Kier alpha value is -0.660. The molecule has 6 nitrogen and oxygen atoms in total. The summed E-state index contributed by atoms with van der Waals surface area (Å²) in [6.07, 6.45) is 2.24. The normalized spacial score (nSPS) is 11.3. The molecule has 0 atom stereocenters. The van der Waals surface area contributed by atoms with E-state index in [9.17, 15) is 13.2 Å². The molecule has 0 aliphatic carbocycles. The minimum atomic E-state index is -3.82. The van der Waals surface area contributed by atoms with Gasteiger partial charge in [-0.2, -0.15) is 8.42 Å². The van der Waals surface area contributed by atoms with Crippen molar-refractivity contribution in [3.63, 3.8) is 0 Å². The van der Waals surface area contributed by atoms with E-state index in [1.807, 2.05) is 0 Å². The van der Waals surface area contributed by atoms with E-state index in [0.717, 1.165) is 0 Å². The fraction of sp³-hybridized carbons (Fsp3) is 0.857. The maximum Gasteiger partial charge on any atom is 0.333 e. The van der Waals surface area contributed by atoms with Gasteiger partial charge in [0.25, 0.3) is 0 Å². The van der Waals surface area contributed by atoms with Crippen molar-refractivity contribution in [1.29, 1.82) is 0 Å². The summed E-state index contributed by atoms with van der Waals surface area (Å²) in [5.41, 5.74) is 0. The molecule has 0 spiro atoms. The van der Waals surface area contributed by atoms with Crippen LogP contribution in [0.25, 0.3) is 0 Å². The first-order chi connectivity index (χ1) is 6.45. The van der Waals surface area contributed by atoms with Crippen molar-refractivity contribution in [2.24, 2.45) is 5.14 Å². The summed E-state index contributed by atoms with van der Waals surface area (Å²) in [4.78, 5) is 10.6. The van der Waals surface area contributed by atoms with Gasteiger partial charge in [0.15, 0.2) is 0 Å². The lowest BCUT2D eigenvalue weighted by molar-refractivity contribution is -0.140. The smallest absolute Gasteiger partial charge is 0.333 e. The molecule has 0 radical (unpaired) electrons. The minimum absolute atomic E-state index is 0.0556. The zero-order valence-corrected chi connectivity index (χ0v) is 8.88. The molecule has 0 aliphatic rings. The zero-order chi connectivity index (χ0) is 11.0. The Morgan fingerprint density at radius 3 is 2.43 bits per heavy atom. The topological polar surface area (TPSA) is 95.7 Å². The molecule has 0 saturated carbocycles. The Labute approximate surface area is 83.6 Å². The minimum Gasteiger partial charge on any atom is -0.469 e. The van der Waals surface area contributed by atoms with Crippen molar-refractivity contribution >= 4 is 16.3 Å². The number of ether oxygens (including phenoxy) is 1. The Balaban J connectivity index is 3.27. The van der Waals surface area contributed by atoms with E-state index in [1.165, 1.54) is 7.11 Å². The number of carbonyl (C=O) groups excluding carboxylic acids is 1. The number of hydrogen-bond donors (Lipinski definition) is 1. The monoisotopic (exact) mass is 225 g/mol. The van der Waals surface area contributed by atoms with Gasteiger partial charge in [0.1, 0.15) is 0 Å². The quantitative estimate of drug-likeness (QED) is 0.483. The maximum absolute atomic E-state index is 10.6. The van der Waals surface area contributed by atoms with E-state index in [-0.39, 0.29) is 12.6 Å². The molecule has 0 aromatic carbocycles. The number of carbonyl (C=O) groups is 1. The highest BCUT2D eigenvalue weighted by atomic mass is 32.2. The summed E-state index contributed by atoms with van der Waals surface area (Å²) in [5, 5.41) is 4.60. The van der Waals surface area contributed by atoms with Crippen molar-refractivity contribution < 1.29 is 22.1 Å². The highest BCUT2D eigenvalue weighted by Crippen LogP contribution is 2.01. The zero-order valence-electron chi connectivity index (χ0n) is 8.06. The van der Waals surface area contributed by atoms with Crippen LogP contribution in [0.15, 0.2) is 0 Å². The largest absolute Gasteiger partial charge is 0.469 e. The van der Waals surface area contributed by atoms with E-state index in [1.54, 1.807) is 0 Å². The van der Waals surface area contributed by atoms with Gasteiger partial charge >= 0.3 is 16.3 Å². The molecule has 0 aromatic heterocycles. The Morgan fingerprint density at radius 2 is 1.93 bits per heavy atom. The Morgan fingerprint density at radius 1 is 1.29 bits per heavy atom. The predicted octanol–water partition coefficient (Wildman–Crippen LogP) is -0.0601. The van der Waals surface area contributed by atoms with Gasteiger partial charge in [-0.3, -0.25) is 8.98 Å². The van der Waals surface area contributed by atoms with Crippen LogP contribution < -0.4 is 5.14 Å². The average Bonchev–Trinajstić information content (AvgIpc) is 2.08. The first-order valence-corrected chi connectivity index (χ1v) is 5.67. The van der Waals surface area contributed by atoms with E-state index in [0.29, 0.717) is 25.7 Å². The van der Waals surface area contributed by atoms with Gasteiger partial charge in [0.2, 0.25) is 0 Å². The molecule has 0 saturated heterocycles. The van der Waals surface area contributed by atoms with Gasteiger partial charge < -0.3 is 4.74 Å². The summed E-state index contributed by atoms with van der Waals surface area (Å²) in [6.45, 7) is 0.0556. The van der Waals surface area contributed by atoms with Crippen LogP contribution in [0.1, 0.15) is 25.7 Å². The lowest BCUT2D eigenvalue weighted by Gasteiger charge is -2.00. The lowest BCUT2D eigenvalue weighted by atomic mass is 10.2. The second kappa shape index (κ2) is 6.74. The summed E-state index contributed by atoms with van der Waals surface area (Å²) >= 11 is 0. The second-order valence-electron chi connectivity index (χ2n) is 2.70. The maximum atomic E-state index is 10.6. The molecule has 84 valence electrons. The lowest BCUT2D eigenvalue weighted by Crippen LogP contribution is -2.16. The van der Waals surface area contributed by atoms with Crippen LogP contribution in [0, 0.1) is 0 Å². The second-order valence-corrected chi connectivity index (χ2v) is 3.92. The molecule has 0 aromatic rings. The average molecular weight is 225 g/mol. The van der Waals surface area contributed by atoms with E-state index >= 15 is 0 Å². The van der Waals surface area contributed by atoms with E-state index < -0.39 is 10.3 Å². The van der Waals surface area contributed by atoms with Crippen molar-refractivity contribution in [1.82, 2.24) is 0 Å². The van der Waals surface area contributed by atoms with Crippen molar-refractivity contribution in [3.8, 4) is 0 Å². The number of esters is 1. The van der Waals surface area contributed by atoms with Crippen molar-refractivity contribution in [2.75, 3.05) is 13.7 Å². The van der Waals surface area contributed by atoms with Crippen LogP contribution in [0.2, 0.25) is 0 Å². The molecule has 0 aliphatic heterocycles. The predicted molar refractivity (Wildman–Crippen MR) is 49.5 cm³/mol. The first-order valence-electron chi connectivity index (χ1n) is 4.19. The fourth-order valence-electron chi connectivity index (χ4n) is 0.825. The number of methoxy groups -OCH3 is 1. The number of rotatable bonds is 7. The van der Waals surface area contributed by atoms with Crippen LogP contribution in [-0.4, -0.2) is 28.1 Å².